The van der Waals surface area contributed by atoms with Gasteiger partial charge < -0.3 is 55.8 Å². The predicted molar refractivity (Wildman–Crippen MR) is 150 cm³/mol. The van der Waals surface area contributed by atoms with Crippen molar-refractivity contribution in [2.75, 3.05) is 18.9 Å². The fraction of sp³-hybridized carbons (Fsp3) is 0.476. The Morgan fingerprint density at radius 1 is 0.958 bits per heavy atom. The molecule has 2 aliphatic heterocycles. The van der Waals surface area contributed by atoms with Gasteiger partial charge in [-0.3, -0.25) is 22.9 Å². The van der Waals surface area contributed by atoms with Crippen LogP contribution in [0, 0.1) is 0 Å². The number of fused-ring (bicyclic) bond motifs is 1. The predicted octanol–water partition coefficient (Wildman–Crippen LogP) is -2.90. The molecule has 264 valence electrons. The fourth-order valence-corrected chi connectivity index (χ4v) is 7.47. The summed E-state index contributed by atoms with van der Waals surface area (Å²) in [5, 5.41) is 31.5. The number of rotatable bonds is 13. The van der Waals surface area contributed by atoms with E-state index in [2.05, 4.69) is 23.8 Å². The average molecular weight is 744 g/mol. The summed E-state index contributed by atoms with van der Waals surface area (Å²) in [6.45, 7) is -2.03. The molecule has 0 aliphatic carbocycles. The number of nitrogens with two attached hydrogens (primary N) is 2. The summed E-state index contributed by atoms with van der Waals surface area (Å²) < 4.78 is 68.4. The minimum absolute atomic E-state index is 0.00286. The first kappa shape index (κ1) is 36.4. The van der Waals surface area contributed by atoms with Crippen molar-refractivity contribution in [3.63, 3.8) is 0 Å². The number of primary amides is 1. The third-order valence-electron chi connectivity index (χ3n) is 6.98. The maximum Gasteiger partial charge on any atom is 0.481 e. The highest BCUT2D eigenvalue weighted by Crippen LogP contribution is 2.61. The number of nitrogens with zero attached hydrogens (tertiary/aromatic N) is 5. The zero-order valence-corrected chi connectivity index (χ0v) is 26.6. The molecule has 11 N–H and O–H groups in total. The summed E-state index contributed by atoms with van der Waals surface area (Å²) in [6, 6.07) is 2.79. The molecule has 0 spiro atoms. The molecule has 5 heterocycles. The van der Waals surface area contributed by atoms with E-state index in [9.17, 15) is 53.4 Å². The Balaban J connectivity index is 1.21. The van der Waals surface area contributed by atoms with Gasteiger partial charge in [0.25, 0.3) is 12.1 Å². The molecule has 2 fully saturated rings. The van der Waals surface area contributed by atoms with Crippen molar-refractivity contribution in [1.82, 2.24) is 19.5 Å². The Labute approximate surface area is 267 Å². The van der Waals surface area contributed by atoms with Crippen LogP contribution in [0.5, 0.6) is 0 Å². The molecule has 2 saturated heterocycles. The first-order chi connectivity index (χ1) is 22.4. The van der Waals surface area contributed by atoms with E-state index >= 15 is 0 Å². The minimum Gasteiger partial charge on any atom is -0.387 e. The van der Waals surface area contributed by atoms with Gasteiger partial charge in [-0.05, 0) is 6.07 Å². The van der Waals surface area contributed by atoms with Gasteiger partial charge in [-0.25, -0.2) is 28.6 Å². The lowest BCUT2D eigenvalue weighted by molar-refractivity contribution is -0.765. The van der Waals surface area contributed by atoms with E-state index in [1.165, 1.54) is 29.1 Å². The molecule has 0 aromatic carbocycles. The van der Waals surface area contributed by atoms with Crippen LogP contribution in [0.25, 0.3) is 11.2 Å². The maximum atomic E-state index is 12.6. The Hall–Kier alpha value is -2.86. The molecule has 10 atom stereocenters. The topological polar surface area (TPSA) is 365 Å². The number of carbonyl (C=O) groups excluding carboxylic acids is 1. The van der Waals surface area contributed by atoms with E-state index in [0.29, 0.717) is 0 Å². The van der Waals surface area contributed by atoms with E-state index in [1.54, 1.807) is 0 Å². The number of carbonyl (C=O) groups is 1. The number of phosphoric ester groups is 3. The van der Waals surface area contributed by atoms with E-state index in [1.807, 2.05) is 0 Å². The SMILES string of the molecule is NC(=O)c1ccc[n+]([C@H]2O[C@@H](COP(=O)(O)OP(=O)(O)OC[C@H]3O[C@@H](n4cnc5c(N)ncnc54)[C@H](OP(=O)(O)O)[C@@H]3O)[C@H](O)[C@@H]2O)c1. The zero-order chi connectivity index (χ0) is 35.2. The maximum absolute atomic E-state index is 12.6. The molecule has 1 amide bonds. The third-order valence-corrected chi connectivity index (χ3v) is 10.1. The highest BCUT2D eigenvalue weighted by atomic mass is 31.3. The summed E-state index contributed by atoms with van der Waals surface area (Å²) in [5.74, 6) is -0.848. The largest absolute Gasteiger partial charge is 0.481 e. The molecular weight excluding hydrogens is 715 g/mol. The van der Waals surface area contributed by atoms with E-state index in [0.717, 1.165) is 17.2 Å². The normalized spacial score (nSPS) is 30.3. The second kappa shape index (κ2) is 13.8. The Kier molecular flexibility index (Phi) is 10.5. The molecule has 24 nitrogen and oxygen atoms in total. The average Bonchev–Trinajstić information content (AvgIpc) is 3.64. The first-order valence-corrected chi connectivity index (χ1v) is 17.9. The van der Waals surface area contributed by atoms with Gasteiger partial charge in [0.05, 0.1) is 19.5 Å². The molecule has 0 radical (unpaired) electrons. The number of nitrogen functional groups attached to an aromatic ring is 1. The van der Waals surface area contributed by atoms with Crippen LogP contribution in [0.15, 0.2) is 37.2 Å². The molecule has 0 bridgehead atoms. The number of phosphoric acid groups is 3. The summed E-state index contributed by atoms with van der Waals surface area (Å²) in [7, 11) is -16.3. The number of hydrogen-bond acceptors (Lipinski definition) is 17. The quantitative estimate of drug-likeness (QED) is 0.0626. The van der Waals surface area contributed by atoms with Gasteiger partial charge in [0.2, 0.25) is 0 Å². The highest BCUT2D eigenvalue weighted by molar-refractivity contribution is 7.61. The molecule has 5 rings (SSSR count). The van der Waals surface area contributed by atoms with Crippen LogP contribution in [-0.4, -0.2) is 110 Å². The van der Waals surface area contributed by atoms with Gasteiger partial charge in [-0.15, -0.1) is 0 Å². The van der Waals surface area contributed by atoms with Crippen LogP contribution < -0.4 is 16.0 Å². The standard InChI is InChI=1S/C21H28N7O17P3/c22-17-12-19(25-7-24-17)28(8-26-12)21-16(44-46(33,34)35)14(30)11(43-21)6-41-48(38,39)45-47(36,37)40-5-10-13(29)15(31)20(42-10)27-3-1-2-9(4-27)18(23)32/h1-4,7-8,10-11,13-16,20-21,29-31H,5-6H2,(H7-,22,23,24,25,32,33,34,35,36,37,38,39)/p+1/t10-,11+,13-,14+,15-,16+,20-,21+/m0/s1. The van der Waals surface area contributed by atoms with E-state index in [4.69, 9.17) is 30.0 Å². The number of aliphatic hydroxyl groups excluding tert-OH is 3. The molecule has 48 heavy (non-hydrogen) atoms. The highest BCUT2D eigenvalue weighted by Gasteiger charge is 2.51. The van der Waals surface area contributed by atoms with E-state index in [-0.39, 0.29) is 22.5 Å². The van der Waals surface area contributed by atoms with Crippen LogP contribution in [0.1, 0.15) is 22.8 Å². The van der Waals surface area contributed by atoms with Gasteiger partial charge in [-0.1, -0.05) is 0 Å². The number of aromatic nitrogens is 5. The molecule has 0 saturated carbocycles. The van der Waals surface area contributed by atoms with Crippen molar-refractivity contribution < 1.29 is 85.3 Å². The number of ether oxygens (including phenoxy) is 2. The first-order valence-electron chi connectivity index (χ1n) is 13.3. The second-order valence-corrected chi connectivity index (χ2v) is 14.5. The molecule has 3 aromatic heterocycles. The van der Waals surface area contributed by atoms with Gasteiger partial charge in [0.1, 0.15) is 47.9 Å². The van der Waals surface area contributed by atoms with Crippen molar-refractivity contribution in [1.29, 1.82) is 0 Å². The number of anilines is 1. The number of amides is 1. The van der Waals surface area contributed by atoms with Crippen LogP contribution in [0.2, 0.25) is 0 Å². The fourth-order valence-electron chi connectivity index (χ4n) is 4.83. The van der Waals surface area contributed by atoms with Gasteiger partial charge in [0.15, 0.2) is 36.2 Å². The van der Waals surface area contributed by atoms with Crippen LogP contribution in [0.4, 0.5) is 5.82 Å². The van der Waals surface area contributed by atoms with Gasteiger partial charge >= 0.3 is 23.5 Å². The third kappa shape index (κ3) is 8.12. The Bertz CT molecular complexity index is 1810. The van der Waals surface area contributed by atoms with Crippen LogP contribution >= 0.6 is 23.5 Å². The van der Waals surface area contributed by atoms with E-state index < -0.39 is 91.7 Å². The van der Waals surface area contributed by atoms with Gasteiger partial charge in [-0.2, -0.15) is 8.88 Å². The summed E-state index contributed by atoms with van der Waals surface area (Å²) >= 11 is 0. The smallest absolute Gasteiger partial charge is 0.387 e. The molecule has 2 unspecified atom stereocenters. The monoisotopic (exact) mass is 744 g/mol. The van der Waals surface area contributed by atoms with Crippen molar-refractivity contribution in [2.24, 2.45) is 5.73 Å². The molecule has 2 aliphatic rings. The van der Waals surface area contributed by atoms with Gasteiger partial charge in [0, 0.05) is 6.07 Å². The lowest BCUT2D eigenvalue weighted by Crippen LogP contribution is -2.46. The van der Waals surface area contributed by atoms with Crippen molar-refractivity contribution in [3.05, 3.63) is 42.7 Å². The lowest BCUT2D eigenvalue weighted by atomic mass is 10.1. The van der Waals surface area contributed by atoms with Crippen LogP contribution in [-0.2, 0) is 41.1 Å². The Morgan fingerprint density at radius 3 is 2.23 bits per heavy atom. The number of aliphatic hydroxyl groups is 3. The van der Waals surface area contributed by atoms with Crippen LogP contribution in [0.3, 0.4) is 0 Å². The van der Waals surface area contributed by atoms with Crippen molar-refractivity contribution in [3.8, 4) is 0 Å². The molecule has 27 heteroatoms. The zero-order valence-electron chi connectivity index (χ0n) is 23.9. The van der Waals surface area contributed by atoms with Crippen molar-refractivity contribution >= 4 is 46.4 Å². The Morgan fingerprint density at radius 2 is 1.60 bits per heavy atom. The summed E-state index contributed by atoms with van der Waals surface area (Å²) in [6.07, 6.45) is -8.39. The number of hydrogen-bond donors (Lipinski definition) is 9. The second-order valence-electron chi connectivity index (χ2n) is 10.3. The minimum atomic E-state index is -5.52. The number of pyridine rings is 1. The lowest BCUT2D eigenvalue weighted by Gasteiger charge is -2.22. The molecule has 3 aromatic rings. The number of imidazole rings is 1. The summed E-state index contributed by atoms with van der Waals surface area (Å²) in [5.41, 5.74) is 11.1. The van der Waals surface area contributed by atoms with Crippen molar-refractivity contribution in [2.45, 2.75) is 49.1 Å². The summed E-state index contributed by atoms with van der Waals surface area (Å²) in [4.78, 5) is 62.2. The molecular formula is C21H29N7O17P3+.